The molecule has 0 aromatic heterocycles. The number of hydrogen-bond donors (Lipinski definition) is 2. The van der Waals surface area contributed by atoms with Gasteiger partial charge in [-0.3, -0.25) is 9.59 Å². The highest BCUT2D eigenvalue weighted by Gasteiger charge is 2.30. The molecule has 0 atom stereocenters. The highest BCUT2D eigenvalue weighted by Crippen LogP contribution is 2.34. The molecular weight excluding hydrogens is 361 g/mol. The number of benzene rings is 2. The second-order valence-electron chi connectivity index (χ2n) is 5.95. The highest BCUT2D eigenvalue weighted by molar-refractivity contribution is 6.10. The lowest BCUT2D eigenvalue weighted by molar-refractivity contribution is -0.121. The van der Waals surface area contributed by atoms with E-state index in [1.165, 1.54) is 24.1 Å². The summed E-state index contributed by atoms with van der Waals surface area (Å²) in [5.41, 5.74) is 0.403. The van der Waals surface area contributed by atoms with Crippen LogP contribution in [0, 0.1) is 17.5 Å². The van der Waals surface area contributed by atoms with Gasteiger partial charge in [0.25, 0.3) is 5.91 Å². The molecule has 0 saturated heterocycles. The summed E-state index contributed by atoms with van der Waals surface area (Å²) < 4.78 is 40.2. The molecule has 3 rings (SSSR count). The number of anilines is 1. The summed E-state index contributed by atoms with van der Waals surface area (Å²) in [5, 5.41) is 12.9. The largest absolute Gasteiger partial charge is 0.507 e. The fourth-order valence-electron chi connectivity index (χ4n) is 2.93. The minimum atomic E-state index is -1.59. The normalized spacial score (nSPS) is 14.1. The topological polar surface area (TPSA) is 69.6 Å². The van der Waals surface area contributed by atoms with E-state index in [9.17, 15) is 27.9 Å². The van der Waals surface area contributed by atoms with Crippen LogP contribution >= 0.6 is 0 Å². The van der Waals surface area contributed by atoms with E-state index in [2.05, 4.69) is 5.32 Å². The number of hydrogen-bond acceptors (Lipinski definition) is 3. The highest BCUT2D eigenvalue weighted by atomic mass is 19.2. The molecule has 0 unspecified atom stereocenters. The van der Waals surface area contributed by atoms with E-state index < -0.39 is 35.7 Å². The lowest BCUT2D eigenvalue weighted by atomic mass is 10.1. The number of carbonyl (C=O) groups excluding carboxylic acids is 2. The van der Waals surface area contributed by atoms with Gasteiger partial charge in [-0.25, -0.2) is 13.2 Å². The molecule has 1 aliphatic rings. The van der Waals surface area contributed by atoms with Crippen molar-refractivity contribution in [2.24, 2.45) is 0 Å². The van der Waals surface area contributed by atoms with Crippen LogP contribution in [-0.2, 0) is 16.1 Å². The van der Waals surface area contributed by atoms with Crippen molar-refractivity contribution in [2.75, 3.05) is 11.9 Å². The first-order valence-corrected chi connectivity index (χ1v) is 8.00. The van der Waals surface area contributed by atoms with Gasteiger partial charge in [-0.15, -0.1) is 0 Å². The lowest BCUT2D eigenvalue weighted by Gasteiger charge is -2.23. The van der Waals surface area contributed by atoms with E-state index in [0.29, 0.717) is 0 Å². The third kappa shape index (κ3) is 3.38. The van der Waals surface area contributed by atoms with Gasteiger partial charge in [0.1, 0.15) is 5.76 Å². The van der Waals surface area contributed by atoms with Crippen molar-refractivity contribution < 1.29 is 27.9 Å². The third-order valence-electron chi connectivity index (χ3n) is 4.25. The Balaban J connectivity index is 2.07. The Hall–Kier alpha value is -3.29. The summed E-state index contributed by atoms with van der Waals surface area (Å²) in [6.45, 7) is -0.266. The first kappa shape index (κ1) is 18.5. The van der Waals surface area contributed by atoms with Gasteiger partial charge in [0.05, 0.1) is 24.2 Å². The second kappa shape index (κ2) is 7.14. The van der Waals surface area contributed by atoms with E-state index in [1.807, 2.05) is 0 Å². The monoisotopic (exact) mass is 376 g/mol. The number of aliphatic hydroxyl groups is 1. The van der Waals surface area contributed by atoms with Gasteiger partial charge in [0, 0.05) is 12.6 Å². The van der Waals surface area contributed by atoms with Gasteiger partial charge < -0.3 is 15.3 Å². The summed E-state index contributed by atoms with van der Waals surface area (Å²) >= 11 is 0. The standard InChI is InChI=1S/C19H15F3N2O3/c1-23-19(27)12-8-16(25)24(15-5-3-2-4-11(15)18(12)26)9-10-6-13(20)17(22)14(21)7-10/h2-7,26H,8-9H2,1H3,(H,23,27). The number of rotatable bonds is 3. The molecule has 1 aliphatic heterocycles. The number of para-hydroxylation sites is 1. The molecule has 2 aromatic rings. The molecule has 5 nitrogen and oxygen atoms in total. The number of carbonyl (C=O) groups is 2. The zero-order valence-electron chi connectivity index (χ0n) is 14.2. The number of fused-ring (bicyclic) bond motifs is 1. The molecule has 27 heavy (non-hydrogen) atoms. The van der Waals surface area contributed by atoms with Crippen LogP contribution < -0.4 is 10.2 Å². The van der Waals surface area contributed by atoms with E-state index in [4.69, 9.17) is 0 Å². The first-order valence-electron chi connectivity index (χ1n) is 8.00. The van der Waals surface area contributed by atoms with E-state index in [1.54, 1.807) is 12.1 Å². The number of nitrogens with one attached hydrogen (secondary N) is 1. The molecule has 0 aliphatic carbocycles. The van der Waals surface area contributed by atoms with Crippen molar-refractivity contribution in [3.8, 4) is 0 Å². The van der Waals surface area contributed by atoms with Crippen molar-refractivity contribution in [1.82, 2.24) is 5.32 Å². The molecule has 2 N–H and O–H groups in total. The van der Waals surface area contributed by atoms with Crippen LogP contribution in [0.3, 0.4) is 0 Å². The van der Waals surface area contributed by atoms with Crippen LogP contribution in [0.1, 0.15) is 17.5 Å². The Bertz CT molecular complexity index is 949. The van der Waals surface area contributed by atoms with Gasteiger partial charge in [-0.05, 0) is 29.8 Å². The summed E-state index contributed by atoms with van der Waals surface area (Å²) in [6, 6.07) is 7.88. The molecule has 0 saturated carbocycles. The van der Waals surface area contributed by atoms with E-state index >= 15 is 0 Å². The zero-order chi connectivity index (χ0) is 19.7. The molecule has 0 bridgehead atoms. The fraction of sp³-hybridized carbons (Fsp3) is 0.158. The molecule has 0 spiro atoms. The van der Waals surface area contributed by atoms with Crippen molar-refractivity contribution in [2.45, 2.75) is 13.0 Å². The Kier molecular flexibility index (Phi) is 4.89. The SMILES string of the molecule is CNC(=O)C1=C(O)c2ccccc2N(Cc2cc(F)c(F)c(F)c2)C(=O)C1. The number of likely N-dealkylation sites (N-methyl/N-ethyl adjacent to an activating group) is 1. The molecule has 8 heteroatoms. The minimum absolute atomic E-state index is 0.0254. The smallest absolute Gasteiger partial charge is 0.251 e. The quantitative estimate of drug-likeness (QED) is 0.809. The van der Waals surface area contributed by atoms with Gasteiger partial charge >= 0.3 is 0 Å². The van der Waals surface area contributed by atoms with E-state index in [-0.39, 0.29) is 34.7 Å². The predicted octanol–water partition coefficient (Wildman–Crippen LogP) is 3.06. The summed E-state index contributed by atoms with van der Waals surface area (Å²) in [6.07, 6.45) is -0.410. The second-order valence-corrected chi connectivity index (χ2v) is 5.95. The van der Waals surface area contributed by atoms with Crippen molar-refractivity contribution in [3.63, 3.8) is 0 Å². The molecular formula is C19H15F3N2O3. The van der Waals surface area contributed by atoms with Crippen molar-refractivity contribution in [1.29, 1.82) is 0 Å². The first-order chi connectivity index (χ1) is 12.8. The van der Waals surface area contributed by atoms with Gasteiger partial charge in [-0.2, -0.15) is 0 Å². The lowest BCUT2D eigenvalue weighted by Crippen LogP contribution is -2.31. The zero-order valence-corrected chi connectivity index (χ0v) is 14.2. The molecule has 0 fully saturated rings. The van der Waals surface area contributed by atoms with Crippen LogP contribution in [0.15, 0.2) is 42.0 Å². The Morgan fingerprint density at radius 2 is 1.81 bits per heavy atom. The summed E-state index contributed by atoms with van der Waals surface area (Å²) in [4.78, 5) is 26.0. The van der Waals surface area contributed by atoms with Gasteiger partial charge in [0.2, 0.25) is 5.91 Å². The van der Waals surface area contributed by atoms with Crippen molar-refractivity contribution >= 4 is 23.3 Å². The number of halogens is 3. The number of nitrogens with zero attached hydrogens (tertiary/aromatic N) is 1. The molecule has 1 heterocycles. The number of amides is 2. The minimum Gasteiger partial charge on any atom is -0.507 e. The average molecular weight is 376 g/mol. The Labute approximate surface area is 152 Å². The summed E-state index contributed by atoms with van der Waals surface area (Å²) in [7, 11) is 1.37. The molecule has 2 aromatic carbocycles. The van der Waals surface area contributed by atoms with Gasteiger partial charge in [-0.1, -0.05) is 12.1 Å². The van der Waals surface area contributed by atoms with E-state index in [0.717, 1.165) is 12.1 Å². The average Bonchev–Trinajstić information content (AvgIpc) is 2.76. The molecule has 0 radical (unpaired) electrons. The molecule has 140 valence electrons. The number of aliphatic hydroxyl groups excluding tert-OH is 1. The predicted molar refractivity (Wildman–Crippen MR) is 92.2 cm³/mol. The van der Waals surface area contributed by atoms with Crippen LogP contribution in [0.5, 0.6) is 0 Å². The van der Waals surface area contributed by atoms with Crippen molar-refractivity contribution in [3.05, 3.63) is 70.5 Å². The summed E-state index contributed by atoms with van der Waals surface area (Å²) in [5.74, 6) is -5.86. The molecule has 2 amide bonds. The maximum absolute atomic E-state index is 13.5. The van der Waals surface area contributed by atoms with Crippen LogP contribution in [-0.4, -0.2) is 24.0 Å². The van der Waals surface area contributed by atoms with Crippen LogP contribution in [0.25, 0.3) is 5.76 Å². The van der Waals surface area contributed by atoms with Crippen LogP contribution in [0.2, 0.25) is 0 Å². The third-order valence-corrected chi connectivity index (χ3v) is 4.25. The Morgan fingerprint density at radius 3 is 2.44 bits per heavy atom. The maximum Gasteiger partial charge on any atom is 0.251 e. The van der Waals surface area contributed by atoms with Crippen LogP contribution in [0.4, 0.5) is 18.9 Å². The Morgan fingerprint density at radius 1 is 1.19 bits per heavy atom. The van der Waals surface area contributed by atoms with Gasteiger partial charge in [0.15, 0.2) is 17.5 Å². The fourth-order valence-corrected chi connectivity index (χ4v) is 2.93. The maximum atomic E-state index is 13.5.